The molecule has 2 heterocycles. The number of aryl methyl sites for hydroxylation is 1. The number of benzene rings is 2. The Morgan fingerprint density at radius 3 is 2.50 bits per heavy atom. The Morgan fingerprint density at radius 1 is 1.00 bits per heavy atom. The van der Waals surface area contributed by atoms with E-state index in [-0.39, 0.29) is 5.56 Å². The van der Waals surface area contributed by atoms with E-state index in [1.54, 1.807) is 4.57 Å². The first kappa shape index (κ1) is 13.1. The molecule has 4 rings (SSSR count). The molecule has 0 atom stereocenters. The van der Waals surface area contributed by atoms with Gasteiger partial charge in [-0.1, -0.05) is 36.4 Å². The molecule has 3 nitrogen and oxygen atoms in total. The van der Waals surface area contributed by atoms with Gasteiger partial charge in [0.1, 0.15) is 11.4 Å². The van der Waals surface area contributed by atoms with Crippen LogP contribution in [-0.4, -0.2) is 4.57 Å². The van der Waals surface area contributed by atoms with Crippen LogP contribution in [-0.2, 0) is 12.6 Å². The van der Waals surface area contributed by atoms with E-state index < -0.39 is 5.60 Å². The second kappa shape index (κ2) is 4.23. The van der Waals surface area contributed by atoms with Gasteiger partial charge in [0.05, 0.1) is 11.1 Å². The minimum Gasteiger partial charge on any atom is -0.482 e. The van der Waals surface area contributed by atoms with Crippen molar-refractivity contribution >= 4 is 10.9 Å². The van der Waals surface area contributed by atoms with Crippen LogP contribution in [0.5, 0.6) is 5.75 Å². The highest BCUT2D eigenvalue weighted by atomic mass is 16.5. The Morgan fingerprint density at radius 2 is 1.68 bits per heavy atom. The lowest BCUT2D eigenvalue weighted by Gasteiger charge is -2.35. The van der Waals surface area contributed by atoms with Gasteiger partial charge in [0.25, 0.3) is 5.56 Å². The lowest BCUT2D eigenvalue weighted by atomic mass is 9.86. The highest BCUT2D eigenvalue weighted by Crippen LogP contribution is 2.46. The predicted molar refractivity (Wildman–Crippen MR) is 88.3 cm³/mol. The van der Waals surface area contributed by atoms with Crippen LogP contribution in [0.4, 0.5) is 0 Å². The average Bonchev–Trinajstić information content (AvgIpc) is 2.52. The molecule has 2 aromatic carbocycles. The van der Waals surface area contributed by atoms with Crippen LogP contribution >= 0.6 is 0 Å². The summed E-state index contributed by atoms with van der Waals surface area (Å²) in [7, 11) is 1.81. The maximum atomic E-state index is 12.9. The standard InChI is InChI=1S/C19H17NO2/c1-19(2)14-10-6-4-8-12(14)16-17(22-19)13-9-5-7-11-15(13)20(3)18(16)21/h4-11H,1-3H3. The molecule has 0 saturated heterocycles. The molecule has 0 bridgehead atoms. The smallest absolute Gasteiger partial charge is 0.262 e. The van der Waals surface area contributed by atoms with Gasteiger partial charge in [-0.05, 0) is 31.5 Å². The molecule has 0 amide bonds. The third-order valence-electron chi connectivity index (χ3n) is 4.46. The highest BCUT2D eigenvalue weighted by Gasteiger charge is 2.35. The average molecular weight is 291 g/mol. The fourth-order valence-electron chi connectivity index (χ4n) is 3.35. The van der Waals surface area contributed by atoms with E-state index in [1.807, 2.05) is 69.4 Å². The van der Waals surface area contributed by atoms with Crippen molar-refractivity contribution < 1.29 is 4.74 Å². The van der Waals surface area contributed by atoms with Crippen molar-refractivity contribution in [1.82, 2.24) is 4.57 Å². The molecular formula is C19H17NO2. The van der Waals surface area contributed by atoms with E-state index in [9.17, 15) is 4.79 Å². The number of pyridine rings is 1. The summed E-state index contributed by atoms with van der Waals surface area (Å²) in [5.74, 6) is 0.697. The highest BCUT2D eigenvalue weighted by molar-refractivity contribution is 5.94. The quantitative estimate of drug-likeness (QED) is 0.630. The summed E-state index contributed by atoms with van der Waals surface area (Å²) in [6.45, 7) is 4.09. The molecule has 1 aliphatic heterocycles. The van der Waals surface area contributed by atoms with Crippen molar-refractivity contribution in [3.05, 3.63) is 64.4 Å². The van der Waals surface area contributed by atoms with Gasteiger partial charge in [-0.15, -0.1) is 0 Å². The van der Waals surface area contributed by atoms with Gasteiger partial charge in [-0.25, -0.2) is 0 Å². The Kier molecular flexibility index (Phi) is 2.52. The molecule has 0 radical (unpaired) electrons. The van der Waals surface area contributed by atoms with Crippen molar-refractivity contribution in [3.63, 3.8) is 0 Å². The lowest BCUT2D eigenvalue weighted by Crippen LogP contribution is -2.33. The molecule has 0 N–H and O–H groups in total. The number of aromatic nitrogens is 1. The van der Waals surface area contributed by atoms with Gasteiger partial charge < -0.3 is 9.30 Å². The summed E-state index contributed by atoms with van der Waals surface area (Å²) in [4.78, 5) is 12.9. The van der Waals surface area contributed by atoms with Crippen LogP contribution in [0.15, 0.2) is 53.3 Å². The normalized spacial score (nSPS) is 15.0. The van der Waals surface area contributed by atoms with E-state index in [0.29, 0.717) is 11.3 Å². The number of hydrogen-bond donors (Lipinski definition) is 0. The van der Waals surface area contributed by atoms with E-state index in [4.69, 9.17) is 4.74 Å². The summed E-state index contributed by atoms with van der Waals surface area (Å²) >= 11 is 0. The van der Waals surface area contributed by atoms with Crippen molar-refractivity contribution in [1.29, 1.82) is 0 Å². The fourth-order valence-corrected chi connectivity index (χ4v) is 3.35. The summed E-state index contributed by atoms with van der Waals surface area (Å²) in [5, 5.41) is 0.974. The third kappa shape index (κ3) is 1.59. The molecular weight excluding hydrogens is 274 g/mol. The number of hydrogen-bond acceptors (Lipinski definition) is 2. The van der Waals surface area contributed by atoms with Crippen molar-refractivity contribution in [3.8, 4) is 16.9 Å². The first-order valence-corrected chi connectivity index (χ1v) is 7.41. The molecule has 1 aromatic heterocycles. The fraction of sp³-hybridized carbons (Fsp3) is 0.211. The van der Waals surface area contributed by atoms with Crippen molar-refractivity contribution in [2.24, 2.45) is 7.05 Å². The van der Waals surface area contributed by atoms with Gasteiger partial charge in [0, 0.05) is 18.0 Å². The van der Waals surface area contributed by atoms with Crippen LogP contribution in [0.3, 0.4) is 0 Å². The van der Waals surface area contributed by atoms with Gasteiger partial charge in [0.2, 0.25) is 0 Å². The van der Waals surface area contributed by atoms with Crippen LogP contribution in [0.25, 0.3) is 22.0 Å². The van der Waals surface area contributed by atoms with Crippen molar-refractivity contribution in [2.75, 3.05) is 0 Å². The number of fused-ring (bicyclic) bond motifs is 5. The van der Waals surface area contributed by atoms with E-state index in [1.165, 1.54) is 0 Å². The number of para-hydroxylation sites is 1. The molecule has 110 valence electrons. The summed E-state index contributed by atoms with van der Waals surface area (Å²) in [5.41, 5.74) is 3.10. The van der Waals surface area contributed by atoms with E-state index in [0.717, 1.165) is 22.0 Å². The lowest BCUT2D eigenvalue weighted by molar-refractivity contribution is 0.107. The molecule has 1 aliphatic rings. The Hall–Kier alpha value is -2.55. The van der Waals surface area contributed by atoms with Crippen LogP contribution in [0.1, 0.15) is 19.4 Å². The Balaban J connectivity index is 2.24. The van der Waals surface area contributed by atoms with E-state index >= 15 is 0 Å². The zero-order valence-electron chi connectivity index (χ0n) is 12.9. The molecule has 3 heteroatoms. The molecule has 0 aliphatic carbocycles. The van der Waals surface area contributed by atoms with Gasteiger partial charge in [-0.2, -0.15) is 0 Å². The minimum absolute atomic E-state index is 0.0170. The van der Waals surface area contributed by atoms with E-state index in [2.05, 4.69) is 0 Å². The molecule has 0 unspecified atom stereocenters. The van der Waals surface area contributed by atoms with Gasteiger partial charge >= 0.3 is 0 Å². The van der Waals surface area contributed by atoms with Crippen LogP contribution in [0.2, 0.25) is 0 Å². The van der Waals surface area contributed by atoms with Crippen LogP contribution in [0, 0.1) is 0 Å². The third-order valence-corrected chi connectivity index (χ3v) is 4.46. The van der Waals surface area contributed by atoms with Crippen LogP contribution < -0.4 is 10.3 Å². The van der Waals surface area contributed by atoms with Gasteiger partial charge in [0.15, 0.2) is 0 Å². The monoisotopic (exact) mass is 291 g/mol. The molecule has 3 aromatic rings. The number of ether oxygens (including phenoxy) is 1. The molecule has 0 saturated carbocycles. The maximum absolute atomic E-state index is 12.9. The zero-order chi connectivity index (χ0) is 15.5. The van der Waals surface area contributed by atoms with Crippen molar-refractivity contribution in [2.45, 2.75) is 19.4 Å². The summed E-state index contributed by atoms with van der Waals surface area (Å²) < 4.78 is 7.98. The second-order valence-corrected chi connectivity index (χ2v) is 6.24. The molecule has 0 spiro atoms. The molecule has 22 heavy (non-hydrogen) atoms. The summed E-state index contributed by atoms with van der Waals surface area (Å²) in [6, 6.07) is 15.9. The number of rotatable bonds is 0. The SMILES string of the molecule is Cn1c(=O)c2c(c3ccccc31)OC(C)(C)c1ccccc1-2. The number of nitrogens with zero attached hydrogens (tertiary/aromatic N) is 1. The van der Waals surface area contributed by atoms with Gasteiger partial charge in [-0.3, -0.25) is 4.79 Å². The first-order valence-electron chi connectivity index (χ1n) is 7.41. The zero-order valence-corrected chi connectivity index (χ0v) is 12.9. The minimum atomic E-state index is -0.460. The topological polar surface area (TPSA) is 31.2 Å². The summed E-state index contributed by atoms with van der Waals surface area (Å²) in [6.07, 6.45) is 0. The predicted octanol–water partition coefficient (Wildman–Crippen LogP) is 3.83. The second-order valence-electron chi connectivity index (χ2n) is 6.24. The first-order chi connectivity index (χ1) is 10.5. The maximum Gasteiger partial charge on any atom is 0.262 e. The largest absolute Gasteiger partial charge is 0.482 e. The Labute approximate surface area is 128 Å². The Bertz CT molecular complexity index is 967. The molecule has 0 fully saturated rings.